The molecule has 1 fully saturated rings. The summed E-state index contributed by atoms with van der Waals surface area (Å²) in [6.45, 7) is 0.324. The maximum Gasteiger partial charge on any atom is 0.451 e. The number of nitrogens with two attached hydrogens (primary N) is 2. The number of aliphatic imine (C=N–C) groups is 1. The largest absolute Gasteiger partial charge is 0.451 e. The fourth-order valence-corrected chi connectivity index (χ4v) is 3.87. The van der Waals surface area contributed by atoms with Crippen LogP contribution in [0.5, 0.6) is 0 Å². The summed E-state index contributed by atoms with van der Waals surface area (Å²) in [7, 11) is 0. The highest BCUT2D eigenvalue weighted by atomic mass is 32.2. The maximum absolute atomic E-state index is 13.0. The summed E-state index contributed by atoms with van der Waals surface area (Å²) in [4.78, 5) is 24.8. The van der Waals surface area contributed by atoms with Crippen molar-refractivity contribution in [1.82, 2.24) is 9.97 Å². The van der Waals surface area contributed by atoms with Crippen LogP contribution >= 0.6 is 23.1 Å². The predicted octanol–water partition coefficient (Wildman–Crippen LogP) is 3.15. The van der Waals surface area contributed by atoms with Gasteiger partial charge in [-0.25, -0.2) is 9.97 Å². The van der Waals surface area contributed by atoms with Crippen LogP contribution in [0.3, 0.4) is 0 Å². The summed E-state index contributed by atoms with van der Waals surface area (Å²) in [5.74, 6) is -1.94. The molecule has 0 bridgehead atoms. The van der Waals surface area contributed by atoms with E-state index < -0.39 is 12.0 Å². The first-order valence-corrected chi connectivity index (χ1v) is 9.80. The van der Waals surface area contributed by atoms with Gasteiger partial charge in [0, 0.05) is 17.6 Å². The van der Waals surface area contributed by atoms with Crippen LogP contribution in [0.25, 0.3) is 0 Å². The van der Waals surface area contributed by atoms with Crippen molar-refractivity contribution in [3.8, 4) is 0 Å². The summed E-state index contributed by atoms with van der Waals surface area (Å²) in [5.41, 5.74) is 11.4. The van der Waals surface area contributed by atoms with Crippen LogP contribution in [0.2, 0.25) is 0 Å². The number of carbonyl (C=O) groups is 1. The Morgan fingerprint density at radius 3 is 2.70 bits per heavy atom. The van der Waals surface area contributed by atoms with Gasteiger partial charge in [0.15, 0.2) is 5.78 Å². The van der Waals surface area contributed by atoms with Crippen LogP contribution in [0.15, 0.2) is 22.2 Å². The Kier molecular flexibility index (Phi) is 5.82. The molecule has 1 aliphatic carbocycles. The standard InChI is InChI=1S/C16H16F3N5OS2/c17-16(18,19)15-23-13(21)10(6-22-8-1-2-8)14(24-15)26-7-11(25)12-4-3-9(5-20)27-12/h3-4,6,8H,1-2,5,7,20H2,(H2,21,23,24). The van der Waals surface area contributed by atoms with Gasteiger partial charge in [-0.2, -0.15) is 13.2 Å². The Morgan fingerprint density at radius 2 is 2.11 bits per heavy atom. The average molecular weight is 415 g/mol. The van der Waals surface area contributed by atoms with E-state index in [0.29, 0.717) is 11.4 Å². The molecule has 27 heavy (non-hydrogen) atoms. The lowest BCUT2D eigenvalue weighted by Crippen LogP contribution is -2.15. The minimum absolute atomic E-state index is 0.0109. The van der Waals surface area contributed by atoms with Gasteiger partial charge in [-0.1, -0.05) is 11.8 Å². The third kappa shape index (κ3) is 5.05. The van der Waals surface area contributed by atoms with Crippen LogP contribution < -0.4 is 11.5 Å². The van der Waals surface area contributed by atoms with Crippen LogP contribution in [-0.4, -0.2) is 33.8 Å². The molecule has 0 unspecified atom stereocenters. The van der Waals surface area contributed by atoms with Gasteiger partial charge >= 0.3 is 6.18 Å². The number of anilines is 1. The summed E-state index contributed by atoms with van der Waals surface area (Å²) in [5, 5.41) is -0.0109. The zero-order valence-corrected chi connectivity index (χ0v) is 15.6. The number of hydrogen-bond donors (Lipinski definition) is 2. The normalized spacial score (nSPS) is 14.8. The number of halogens is 3. The highest BCUT2D eigenvalue weighted by Crippen LogP contribution is 2.32. The molecule has 0 spiro atoms. The summed E-state index contributed by atoms with van der Waals surface area (Å²) < 4.78 is 39.0. The molecule has 2 heterocycles. The lowest BCUT2D eigenvalue weighted by Gasteiger charge is -2.11. The van der Waals surface area contributed by atoms with E-state index >= 15 is 0 Å². The van der Waals surface area contributed by atoms with Gasteiger partial charge in [-0.05, 0) is 25.0 Å². The summed E-state index contributed by atoms with van der Waals surface area (Å²) >= 11 is 2.15. The first kappa shape index (κ1) is 19.8. The average Bonchev–Trinajstić information content (AvgIpc) is 3.31. The quantitative estimate of drug-likeness (QED) is 0.311. The Balaban J connectivity index is 1.84. The number of aromatic nitrogens is 2. The van der Waals surface area contributed by atoms with Crippen molar-refractivity contribution >= 4 is 40.9 Å². The number of hydrogen-bond acceptors (Lipinski definition) is 8. The molecular weight excluding hydrogens is 399 g/mol. The smallest absolute Gasteiger partial charge is 0.383 e. The molecule has 1 saturated carbocycles. The van der Waals surface area contributed by atoms with E-state index in [-0.39, 0.29) is 34.0 Å². The van der Waals surface area contributed by atoms with Crippen LogP contribution in [0.1, 0.15) is 38.8 Å². The zero-order valence-electron chi connectivity index (χ0n) is 14.0. The predicted molar refractivity (Wildman–Crippen MR) is 99.3 cm³/mol. The van der Waals surface area contributed by atoms with E-state index in [2.05, 4.69) is 15.0 Å². The Labute approximate surface area is 161 Å². The minimum Gasteiger partial charge on any atom is -0.383 e. The Hall–Kier alpha value is -1.98. The third-order valence-corrected chi connectivity index (χ3v) is 5.77. The van der Waals surface area contributed by atoms with Crippen molar-refractivity contribution in [3.05, 3.63) is 33.3 Å². The molecule has 0 amide bonds. The molecule has 0 aromatic carbocycles. The number of nitrogen functional groups attached to an aromatic ring is 1. The van der Waals surface area contributed by atoms with Crippen LogP contribution in [0.4, 0.5) is 19.0 Å². The molecule has 144 valence electrons. The number of carbonyl (C=O) groups excluding carboxylic acids is 1. The number of thioether (sulfide) groups is 1. The first-order valence-electron chi connectivity index (χ1n) is 8.00. The molecule has 0 aliphatic heterocycles. The maximum atomic E-state index is 13.0. The van der Waals surface area contributed by atoms with E-state index in [0.717, 1.165) is 29.5 Å². The van der Waals surface area contributed by atoms with Gasteiger partial charge in [0.25, 0.3) is 0 Å². The number of alkyl halides is 3. The fourth-order valence-electron chi connectivity index (χ4n) is 2.07. The van der Waals surface area contributed by atoms with E-state index in [1.54, 1.807) is 12.1 Å². The van der Waals surface area contributed by atoms with E-state index in [9.17, 15) is 18.0 Å². The number of nitrogens with zero attached hydrogens (tertiary/aromatic N) is 3. The zero-order chi connectivity index (χ0) is 19.6. The SMILES string of the molecule is NCc1ccc(C(=O)CSc2nc(C(F)(F)F)nc(N)c2C=NC2CC2)s1. The summed E-state index contributed by atoms with van der Waals surface area (Å²) in [6, 6.07) is 3.56. The van der Waals surface area contributed by atoms with Crippen molar-refractivity contribution in [1.29, 1.82) is 0 Å². The van der Waals surface area contributed by atoms with Crippen molar-refractivity contribution in [2.75, 3.05) is 11.5 Å². The molecule has 0 saturated heterocycles. The number of Topliss-reactive ketones (excluding diaryl/α,β-unsaturated/α-hetero) is 1. The second-order valence-electron chi connectivity index (χ2n) is 5.84. The number of ketones is 1. The molecular formula is C16H16F3N5OS2. The van der Waals surface area contributed by atoms with Gasteiger partial charge in [0.1, 0.15) is 10.8 Å². The molecule has 0 atom stereocenters. The lowest BCUT2D eigenvalue weighted by molar-refractivity contribution is -0.145. The van der Waals surface area contributed by atoms with E-state index in [4.69, 9.17) is 11.5 Å². The monoisotopic (exact) mass is 415 g/mol. The van der Waals surface area contributed by atoms with Gasteiger partial charge < -0.3 is 11.5 Å². The van der Waals surface area contributed by atoms with E-state index in [1.165, 1.54) is 17.6 Å². The van der Waals surface area contributed by atoms with Gasteiger partial charge in [0.2, 0.25) is 5.82 Å². The lowest BCUT2D eigenvalue weighted by atomic mass is 10.3. The third-order valence-electron chi connectivity index (χ3n) is 3.63. The Morgan fingerprint density at radius 1 is 1.37 bits per heavy atom. The van der Waals surface area contributed by atoms with Crippen molar-refractivity contribution < 1.29 is 18.0 Å². The molecule has 3 rings (SSSR count). The fraction of sp³-hybridized carbons (Fsp3) is 0.375. The minimum atomic E-state index is -4.73. The second-order valence-corrected chi connectivity index (χ2v) is 7.97. The molecule has 4 N–H and O–H groups in total. The Bertz CT molecular complexity index is 877. The van der Waals surface area contributed by atoms with E-state index in [1.807, 2.05) is 0 Å². The van der Waals surface area contributed by atoms with Gasteiger partial charge in [-0.15, -0.1) is 11.3 Å². The number of thiophene rings is 1. The number of rotatable bonds is 7. The second kappa shape index (κ2) is 7.95. The van der Waals surface area contributed by atoms with Gasteiger partial charge in [0.05, 0.1) is 22.2 Å². The summed E-state index contributed by atoms with van der Waals surface area (Å²) in [6.07, 6.45) is -1.47. The molecule has 11 heteroatoms. The molecule has 1 aliphatic rings. The van der Waals surface area contributed by atoms with Crippen LogP contribution in [-0.2, 0) is 12.7 Å². The first-order chi connectivity index (χ1) is 12.8. The van der Waals surface area contributed by atoms with Crippen molar-refractivity contribution in [3.63, 3.8) is 0 Å². The van der Waals surface area contributed by atoms with Crippen molar-refractivity contribution in [2.24, 2.45) is 10.7 Å². The van der Waals surface area contributed by atoms with Crippen molar-refractivity contribution in [2.45, 2.75) is 36.6 Å². The molecule has 0 radical (unpaired) electrons. The van der Waals surface area contributed by atoms with Crippen LogP contribution in [0, 0.1) is 0 Å². The molecule has 2 aromatic heterocycles. The topological polar surface area (TPSA) is 107 Å². The van der Waals surface area contributed by atoms with Gasteiger partial charge in [-0.3, -0.25) is 9.79 Å². The molecule has 6 nitrogen and oxygen atoms in total. The highest BCUT2D eigenvalue weighted by Gasteiger charge is 2.36. The molecule has 2 aromatic rings. The highest BCUT2D eigenvalue weighted by molar-refractivity contribution is 8.00.